The van der Waals surface area contributed by atoms with E-state index in [1.165, 1.54) is 4.88 Å². The highest BCUT2D eigenvalue weighted by atomic mass is 35.5. The van der Waals surface area contributed by atoms with Gasteiger partial charge in [-0.1, -0.05) is 29.3 Å². The smallest absolute Gasteiger partial charge is 0.315 e. The van der Waals surface area contributed by atoms with Crippen molar-refractivity contribution in [2.45, 2.75) is 20.0 Å². The molecule has 1 heterocycles. The Morgan fingerprint density at radius 3 is 2.55 bits per heavy atom. The average molecular weight is 329 g/mol. The molecular weight excluding hydrogens is 315 g/mol. The highest BCUT2D eigenvalue weighted by Crippen LogP contribution is 2.20. The van der Waals surface area contributed by atoms with E-state index in [0.717, 1.165) is 10.4 Å². The molecule has 1 aromatic heterocycles. The van der Waals surface area contributed by atoms with Crippen molar-refractivity contribution in [1.29, 1.82) is 0 Å². The summed E-state index contributed by atoms with van der Waals surface area (Å²) >= 11 is 13.5. The second-order valence-electron chi connectivity index (χ2n) is 4.28. The van der Waals surface area contributed by atoms with Crippen LogP contribution in [0.5, 0.6) is 0 Å². The van der Waals surface area contributed by atoms with Crippen LogP contribution in [0.4, 0.5) is 4.79 Å². The zero-order valence-corrected chi connectivity index (χ0v) is 13.2. The molecule has 2 amide bonds. The summed E-state index contributed by atoms with van der Waals surface area (Å²) < 4.78 is 0. The normalized spacial score (nSPS) is 10.3. The molecule has 0 aliphatic rings. The largest absolute Gasteiger partial charge is 0.334 e. The van der Waals surface area contributed by atoms with Crippen LogP contribution >= 0.6 is 34.5 Å². The molecule has 0 atom stereocenters. The van der Waals surface area contributed by atoms with Crippen LogP contribution in [0.2, 0.25) is 10.0 Å². The summed E-state index contributed by atoms with van der Waals surface area (Å²) in [5, 5.41) is 6.70. The summed E-state index contributed by atoms with van der Waals surface area (Å²) in [6, 6.07) is 9.03. The molecular formula is C14H14Cl2N2OS. The number of benzene rings is 1. The van der Waals surface area contributed by atoms with Gasteiger partial charge in [0.15, 0.2) is 0 Å². The number of aryl methyl sites for hydroxylation is 1. The lowest BCUT2D eigenvalue weighted by Crippen LogP contribution is -2.34. The van der Waals surface area contributed by atoms with Gasteiger partial charge in [-0.25, -0.2) is 4.79 Å². The maximum absolute atomic E-state index is 11.7. The van der Waals surface area contributed by atoms with Crippen LogP contribution in [0.1, 0.15) is 15.3 Å². The molecule has 0 saturated carbocycles. The van der Waals surface area contributed by atoms with Crippen LogP contribution in [0, 0.1) is 6.92 Å². The van der Waals surface area contributed by atoms with Crippen molar-refractivity contribution in [2.24, 2.45) is 0 Å². The standard InChI is InChI=1S/C14H14Cl2N2OS/c1-9-2-5-12(20-9)8-18-14(19)17-7-10-3-4-11(15)6-13(10)16/h2-6H,7-8H2,1H3,(H2,17,18,19). The summed E-state index contributed by atoms with van der Waals surface area (Å²) in [6.45, 7) is 2.93. The van der Waals surface area contributed by atoms with E-state index in [1.807, 2.05) is 19.1 Å². The molecule has 0 saturated heterocycles. The second-order valence-corrected chi connectivity index (χ2v) is 6.50. The Labute approximate surface area is 131 Å². The molecule has 0 fully saturated rings. The molecule has 2 aromatic rings. The molecule has 20 heavy (non-hydrogen) atoms. The minimum absolute atomic E-state index is 0.220. The number of amides is 2. The van der Waals surface area contributed by atoms with Gasteiger partial charge in [-0.3, -0.25) is 0 Å². The first-order valence-corrected chi connectivity index (χ1v) is 7.63. The molecule has 6 heteroatoms. The number of halogens is 2. The summed E-state index contributed by atoms with van der Waals surface area (Å²) in [5.41, 5.74) is 0.832. The molecule has 106 valence electrons. The SMILES string of the molecule is Cc1ccc(CNC(=O)NCc2ccc(Cl)cc2Cl)s1. The molecule has 1 aromatic carbocycles. The number of carbonyl (C=O) groups is 1. The summed E-state index contributed by atoms with van der Waals surface area (Å²) in [5.74, 6) is 0. The molecule has 0 unspecified atom stereocenters. The minimum atomic E-state index is -0.220. The van der Waals surface area contributed by atoms with Crippen LogP contribution in [0.25, 0.3) is 0 Å². The van der Waals surface area contributed by atoms with Gasteiger partial charge in [0.2, 0.25) is 0 Å². The van der Waals surface area contributed by atoms with Crippen molar-refractivity contribution in [2.75, 3.05) is 0 Å². The lowest BCUT2D eigenvalue weighted by molar-refractivity contribution is 0.240. The molecule has 3 nitrogen and oxygen atoms in total. The predicted octanol–water partition coefficient (Wildman–Crippen LogP) is 4.36. The third kappa shape index (κ3) is 4.40. The quantitative estimate of drug-likeness (QED) is 0.860. The van der Waals surface area contributed by atoms with Gasteiger partial charge < -0.3 is 10.6 Å². The summed E-state index contributed by atoms with van der Waals surface area (Å²) in [6.07, 6.45) is 0. The Bertz CT molecular complexity index is 613. The maximum Gasteiger partial charge on any atom is 0.315 e. The predicted molar refractivity (Wildman–Crippen MR) is 84.6 cm³/mol. The van der Waals surface area contributed by atoms with Gasteiger partial charge in [-0.05, 0) is 36.8 Å². The van der Waals surface area contributed by atoms with Crippen LogP contribution in [-0.4, -0.2) is 6.03 Å². The zero-order chi connectivity index (χ0) is 14.5. The second kappa shape index (κ2) is 6.97. The van der Waals surface area contributed by atoms with Crippen molar-refractivity contribution in [3.05, 3.63) is 55.7 Å². The van der Waals surface area contributed by atoms with Gasteiger partial charge >= 0.3 is 6.03 Å². The summed E-state index contributed by atoms with van der Waals surface area (Å²) in [4.78, 5) is 14.0. The average Bonchev–Trinajstić information content (AvgIpc) is 2.81. The number of urea groups is 1. The molecule has 0 aliphatic carbocycles. The lowest BCUT2D eigenvalue weighted by atomic mass is 10.2. The molecule has 0 spiro atoms. The lowest BCUT2D eigenvalue weighted by Gasteiger charge is -2.08. The highest BCUT2D eigenvalue weighted by Gasteiger charge is 2.05. The van der Waals surface area contributed by atoms with E-state index in [-0.39, 0.29) is 6.03 Å². The Balaban J connectivity index is 1.80. The van der Waals surface area contributed by atoms with Crippen molar-refractivity contribution in [3.8, 4) is 0 Å². The van der Waals surface area contributed by atoms with Gasteiger partial charge in [0, 0.05) is 26.3 Å². The van der Waals surface area contributed by atoms with E-state index in [2.05, 4.69) is 10.6 Å². The minimum Gasteiger partial charge on any atom is -0.334 e. The Hall–Kier alpha value is -1.23. The number of thiophene rings is 1. The molecule has 0 aliphatic heterocycles. The third-order valence-corrected chi connectivity index (χ3v) is 4.26. The molecule has 0 radical (unpaired) electrons. The number of rotatable bonds is 4. The van der Waals surface area contributed by atoms with Crippen molar-refractivity contribution in [1.82, 2.24) is 10.6 Å². The maximum atomic E-state index is 11.7. The fourth-order valence-corrected chi connectivity index (χ4v) is 2.96. The van der Waals surface area contributed by atoms with Crippen LogP contribution in [0.15, 0.2) is 30.3 Å². The van der Waals surface area contributed by atoms with Gasteiger partial charge in [-0.2, -0.15) is 0 Å². The Kier molecular flexibility index (Phi) is 5.29. The zero-order valence-electron chi connectivity index (χ0n) is 10.9. The van der Waals surface area contributed by atoms with Gasteiger partial charge in [0.05, 0.1) is 6.54 Å². The van der Waals surface area contributed by atoms with E-state index in [0.29, 0.717) is 23.1 Å². The highest BCUT2D eigenvalue weighted by molar-refractivity contribution is 7.11. The fraction of sp³-hybridized carbons (Fsp3) is 0.214. The number of hydrogen-bond acceptors (Lipinski definition) is 2. The number of carbonyl (C=O) groups excluding carboxylic acids is 1. The fourth-order valence-electron chi connectivity index (χ4n) is 1.65. The number of nitrogens with one attached hydrogen (secondary N) is 2. The van der Waals surface area contributed by atoms with Crippen molar-refractivity contribution in [3.63, 3.8) is 0 Å². The topological polar surface area (TPSA) is 41.1 Å². The van der Waals surface area contributed by atoms with E-state index in [1.54, 1.807) is 29.5 Å². The molecule has 2 rings (SSSR count). The van der Waals surface area contributed by atoms with Gasteiger partial charge in [0.1, 0.15) is 0 Å². The van der Waals surface area contributed by atoms with Gasteiger partial charge in [-0.15, -0.1) is 11.3 Å². The van der Waals surface area contributed by atoms with Crippen LogP contribution in [0.3, 0.4) is 0 Å². The monoisotopic (exact) mass is 328 g/mol. The van der Waals surface area contributed by atoms with E-state index < -0.39 is 0 Å². The summed E-state index contributed by atoms with van der Waals surface area (Å²) in [7, 11) is 0. The Morgan fingerprint density at radius 2 is 1.90 bits per heavy atom. The molecule has 0 bridgehead atoms. The third-order valence-electron chi connectivity index (χ3n) is 2.67. The first kappa shape index (κ1) is 15.2. The van der Waals surface area contributed by atoms with E-state index in [9.17, 15) is 4.79 Å². The first-order valence-electron chi connectivity index (χ1n) is 6.05. The molecule has 2 N–H and O–H groups in total. The van der Waals surface area contributed by atoms with Crippen molar-refractivity contribution >= 4 is 40.6 Å². The first-order chi connectivity index (χ1) is 9.54. The Morgan fingerprint density at radius 1 is 1.15 bits per heavy atom. The van der Waals surface area contributed by atoms with E-state index in [4.69, 9.17) is 23.2 Å². The number of hydrogen-bond donors (Lipinski definition) is 2. The van der Waals surface area contributed by atoms with E-state index >= 15 is 0 Å². The van der Waals surface area contributed by atoms with Crippen LogP contribution < -0.4 is 10.6 Å². The van der Waals surface area contributed by atoms with Crippen molar-refractivity contribution < 1.29 is 4.79 Å². The van der Waals surface area contributed by atoms with Gasteiger partial charge in [0.25, 0.3) is 0 Å². The van der Waals surface area contributed by atoms with Crippen LogP contribution in [-0.2, 0) is 13.1 Å².